The van der Waals surface area contributed by atoms with E-state index in [4.69, 9.17) is 0 Å². The Kier molecular flexibility index (Phi) is 5.18. The van der Waals surface area contributed by atoms with Gasteiger partial charge >= 0.3 is 0 Å². The normalized spacial score (nSPS) is 12.1. The third kappa shape index (κ3) is 4.38. The van der Waals surface area contributed by atoms with Crippen LogP contribution in [0, 0.1) is 5.82 Å². The first kappa shape index (κ1) is 14.6. The number of carbonyl (C=O) groups excluding carboxylic acids is 1. The van der Waals surface area contributed by atoms with Crippen molar-refractivity contribution in [3.8, 4) is 0 Å². The molecule has 1 atom stereocenters. The molecule has 4 heteroatoms. The van der Waals surface area contributed by atoms with Gasteiger partial charge in [0.25, 0.3) is 0 Å². The minimum absolute atomic E-state index is 0.105. The molecule has 2 aromatic rings. The van der Waals surface area contributed by atoms with Gasteiger partial charge in [-0.1, -0.05) is 30.3 Å². The van der Waals surface area contributed by atoms with Gasteiger partial charge in [0.15, 0.2) is 5.78 Å². The van der Waals surface area contributed by atoms with E-state index in [1.807, 2.05) is 30.3 Å². The molecule has 2 nitrogen and oxygen atoms in total. The zero-order valence-electron chi connectivity index (χ0n) is 10.9. The lowest BCUT2D eigenvalue weighted by atomic mass is 10.1. The Morgan fingerprint density at radius 3 is 2.30 bits per heavy atom. The summed E-state index contributed by atoms with van der Waals surface area (Å²) in [6, 6.07) is 15.0. The molecule has 0 heterocycles. The molecule has 0 aliphatic rings. The average molecular weight is 290 g/mol. The summed E-state index contributed by atoms with van der Waals surface area (Å²) < 4.78 is 24.6. The maximum atomic E-state index is 12.7. The van der Waals surface area contributed by atoms with Gasteiger partial charge in [-0.15, -0.1) is 0 Å². The molecule has 0 fully saturated rings. The molecule has 0 radical (unpaired) electrons. The summed E-state index contributed by atoms with van der Waals surface area (Å²) in [4.78, 5) is 11.9. The molecule has 20 heavy (non-hydrogen) atoms. The first-order chi connectivity index (χ1) is 9.65. The van der Waals surface area contributed by atoms with Crippen LogP contribution in [0.15, 0.2) is 54.6 Å². The van der Waals surface area contributed by atoms with Crippen molar-refractivity contribution in [1.29, 1.82) is 0 Å². The van der Waals surface area contributed by atoms with Gasteiger partial charge in [-0.2, -0.15) is 0 Å². The van der Waals surface area contributed by atoms with Gasteiger partial charge in [0, 0.05) is 34.3 Å². The number of Topliss-reactive ketones (excluding diaryl/α,β-unsaturated/α-hetero) is 1. The molecule has 104 valence electrons. The summed E-state index contributed by atoms with van der Waals surface area (Å²) in [5.74, 6) is 0.309. The van der Waals surface area contributed by atoms with E-state index in [0.29, 0.717) is 17.1 Å². The van der Waals surface area contributed by atoms with Crippen LogP contribution in [0.4, 0.5) is 4.39 Å². The van der Waals surface area contributed by atoms with Crippen LogP contribution in [0.2, 0.25) is 0 Å². The molecule has 0 aliphatic heterocycles. The predicted molar refractivity (Wildman–Crippen MR) is 78.5 cm³/mol. The van der Waals surface area contributed by atoms with Gasteiger partial charge in [-0.05, 0) is 29.8 Å². The molecule has 0 spiro atoms. The second-order valence-electron chi connectivity index (χ2n) is 4.45. The molecule has 0 bridgehead atoms. The van der Waals surface area contributed by atoms with E-state index in [1.54, 1.807) is 0 Å². The molecule has 0 saturated heterocycles. The number of rotatable bonds is 6. The lowest BCUT2D eigenvalue weighted by Gasteiger charge is -2.03. The Morgan fingerprint density at radius 2 is 1.65 bits per heavy atom. The molecule has 0 saturated carbocycles. The topological polar surface area (TPSA) is 34.1 Å². The van der Waals surface area contributed by atoms with E-state index in [-0.39, 0.29) is 18.0 Å². The molecule has 0 aromatic heterocycles. The molecule has 0 N–H and O–H groups in total. The summed E-state index contributed by atoms with van der Waals surface area (Å²) in [7, 11) is -1.06. The van der Waals surface area contributed by atoms with Gasteiger partial charge in [0.1, 0.15) is 5.82 Å². The summed E-state index contributed by atoms with van der Waals surface area (Å²) in [5.41, 5.74) is 1.46. The van der Waals surface area contributed by atoms with Crippen molar-refractivity contribution in [2.24, 2.45) is 0 Å². The number of hydrogen-bond acceptors (Lipinski definition) is 2. The highest BCUT2D eigenvalue weighted by molar-refractivity contribution is 7.84. The Bertz CT molecular complexity index is 594. The van der Waals surface area contributed by atoms with E-state index in [9.17, 15) is 13.4 Å². The molecular formula is C16H15FO2S. The van der Waals surface area contributed by atoms with Crippen molar-refractivity contribution in [3.05, 3.63) is 71.5 Å². The Morgan fingerprint density at radius 1 is 1.00 bits per heavy atom. The molecule has 0 aliphatic carbocycles. The van der Waals surface area contributed by atoms with Crippen LogP contribution >= 0.6 is 0 Å². The monoisotopic (exact) mass is 290 g/mol. The second kappa shape index (κ2) is 7.10. The molecule has 2 aromatic carbocycles. The Labute approximate surface area is 120 Å². The van der Waals surface area contributed by atoms with E-state index in [0.717, 1.165) is 5.56 Å². The summed E-state index contributed by atoms with van der Waals surface area (Å²) >= 11 is 0. The standard InChI is InChI=1S/C16H15FO2S/c17-15-8-6-14(7-9-15)16(18)10-11-20(19)12-13-4-2-1-3-5-13/h1-9H,10-12H2. The van der Waals surface area contributed by atoms with Gasteiger partial charge in [0.2, 0.25) is 0 Å². The van der Waals surface area contributed by atoms with Gasteiger partial charge in [-0.3, -0.25) is 9.00 Å². The first-order valence-electron chi connectivity index (χ1n) is 6.33. The zero-order valence-corrected chi connectivity index (χ0v) is 11.7. The number of benzene rings is 2. The smallest absolute Gasteiger partial charge is 0.163 e. The highest BCUT2D eigenvalue weighted by Gasteiger charge is 2.09. The highest BCUT2D eigenvalue weighted by atomic mass is 32.2. The number of halogens is 1. The number of hydrogen-bond donors (Lipinski definition) is 0. The third-order valence-electron chi connectivity index (χ3n) is 2.89. The zero-order chi connectivity index (χ0) is 14.4. The summed E-state index contributed by atoms with van der Waals surface area (Å²) in [6.45, 7) is 0. The molecule has 0 amide bonds. The minimum atomic E-state index is -1.06. The third-order valence-corrected chi connectivity index (χ3v) is 4.21. The van der Waals surface area contributed by atoms with Crippen molar-refractivity contribution in [1.82, 2.24) is 0 Å². The van der Waals surface area contributed by atoms with Gasteiger partial charge in [0.05, 0.1) is 0 Å². The quantitative estimate of drug-likeness (QED) is 0.765. The van der Waals surface area contributed by atoms with Crippen LogP contribution in [0.3, 0.4) is 0 Å². The van der Waals surface area contributed by atoms with Gasteiger partial charge < -0.3 is 0 Å². The van der Waals surface area contributed by atoms with Crippen LogP contribution in [0.25, 0.3) is 0 Å². The summed E-state index contributed by atoms with van der Waals surface area (Å²) in [5, 5.41) is 0. The number of carbonyl (C=O) groups is 1. The van der Waals surface area contributed by atoms with E-state index in [2.05, 4.69) is 0 Å². The maximum Gasteiger partial charge on any atom is 0.163 e. The second-order valence-corrected chi connectivity index (χ2v) is 6.03. The Hall–Kier alpha value is -1.81. The lowest BCUT2D eigenvalue weighted by molar-refractivity contribution is 0.0989. The van der Waals surface area contributed by atoms with Crippen LogP contribution < -0.4 is 0 Å². The van der Waals surface area contributed by atoms with E-state index >= 15 is 0 Å². The average Bonchev–Trinajstić information content (AvgIpc) is 2.46. The molecule has 2 rings (SSSR count). The summed E-state index contributed by atoms with van der Waals surface area (Å²) in [6.07, 6.45) is 0.213. The van der Waals surface area contributed by atoms with Crippen molar-refractivity contribution in [3.63, 3.8) is 0 Å². The van der Waals surface area contributed by atoms with Gasteiger partial charge in [-0.25, -0.2) is 4.39 Å². The predicted octanol–water partition coefficient (Wildman–Crippen LogP) is 3.35. The van der Waals surface area contributed by atoms with Crippen molar-refractivity contribution in [2.75, 3.05) is 5.75 Å². The fraction of sp³-hybridized carbons (Fsp3) is 0.188. The Balaban J connectivity index is 1.84. The first-order valence-corrected chi connectivity index (χ1v) is 7.81. The lowest BCUT2D eigenvalue weighted by Crippen LogP contribution is -2.08. The highest BCUT2D eigenvalue weighted by Crippen LogP contribution is 2.08. The largest absolute Gasteiger partial charge is 0.294 e. The van der Waals surface area contributed by atoms with Crippen molar-refractivity contribution in [2.45, 2.75) is 12.2 Å². The van der Waals surface area contributed by atoms with E-state index < -0.39 is 10.8 Å². The van der Waals surface area contributed by atoms with Crippen LogP contribution in [-0.4, -0.2) is 15.7 Å². The fourth-order valence-corrected chi connectivity index (χ4v) is 2.94. The van der Waals surface area contributed by atoms with Crippen molar-refractivity contribution >= 4 is 16.6 Å². The number of ketones is 1. The van der Waals surface area contributed by atoms with Crippen LogP contribution in [-0.2, 0) is 16.6 Å². The SMILES string of the molecule is O=C(CCS(=O)Cc1ccccc1)c1ccc(F)cc1. The van der Waals surface area contributed by atoms with Crippen LogP contribution in [0.5, 0.6) is 0 Å². The molecule has 1 unspecified atom stereocenters. The van der Waals surface area contributed by atoms with Crippen LogP contribution in [0.1, 0.15) is 22.3 Å². The minimum Gasteiger partial charge on any atom is -0.294 e. The fourth-order valence-electron chi connectivity index (χ4n) is 1.82. The maximum absolute atomic E-state index is 12.7. The van der Waals surface area contributed by atoms with Crippen molar-refractivity contribution < 1.29 is 13.4 Å². The van der Waals surface area contributed by atoms with E-state index in [1.165, 1.54) is 24.3 Å². The molecular weight excluding hydrogens is 275 g/mol.